The highest BCUT2D eigenvalue weighted by atomic mass is 16.3. The van der Waals surface area contributed by atoms with Gasteiger partial charge in [-0.25, -0.2) is 0 Å². The molecule has 0 aromatic rings. The molecular formula is C24H38O2. The highest BCUT2D eigenvalue weighted by molar-refractivity contribution is 5.79. The molecule has 4 rings (SSSR count). The molecule has 3 saturated carbocycles. The minimum absolute atomic E-state index is 0.117. The van der Waals surface area contributed by atoms with Crippen LogP contribution in [0.2, 0.25) is 0 Å². The molecule has 146 valence electrons. The summed E-state index contributed by atoms with van der Waals surface area (Å²) in [5.41, 5.74) is 2.11. The second-order valence-electron chi connectivity index (χ2n) is 9.85. The molecule has 0 saturated heterocycles. The molecule has 1 N–H and O–H groups in total. The number of carbonyl (C=O) groups excluding carboxylic acids is 1. The lowest BCUT2D eigenvalue weighted by molar-refractivity contribution is -0.127. The van der Waals surface area contributed by atoms with E-state index in [1.807, 2.05) is 13.8 Å². The van der Waals surface area contributed by atoms with E-state index in [4.69, 9.17) is 0 Å². The van der Waals surface area contributed by atoms with Gasteiger partial charge >= 0.3 is 0 Å². The Kier molecular flexibility index (Phi) is 5.55. The number of ketones is 1. The highest BCUT2D eigenvalue weighted by Crippen LogP contribution is 2.66. The first kappa shape index (κ1) is 19.9. The lowest BCUT2D eigenvalue weighted by Gasteiger charge is -2.57. The van der Waals surface area contributed by atoms with Gasteiger partial charge in [0.25, 0.3) is 0 Å². The Balaban J connectivity index is 0.000000613. The summed E-state index contributed by atoms with van der Waals surface area (Å²) in [6, 6.07) is 0. The molecule has 26 heavy (non-hydrogen) atoms. The fraction of sp³-hybridized carbons (Fsp3) is 0.792. The lowest BCUT2D eigenvalue weighted by Crippen LogP contribution is -2.50. The molecule has 0 aliphatic heterocycles. The van der Waals surface area contributed by atoms with Gasteiger partial charge in [-0.3, -0.25) is 4.79 Å². The van der Waals surface area contributed by atoms with Crippen molar-refractivity contribution in [2.24, 2.45) is 34.5 Å². The molecule has 0 heterocycles. The molecule has 2 heteroatoms. The number of Topliss-reactive ketones (excluding diaryl/α,β-unsaturated/α-hetero) is 1. The van der Waals surface area contributed by atoms with Crippen LogP contribution in [0.3, 0.4) is 0 Å². The van der Waals surface area contributed by atoms with Gasteiger partial charge in [0.15, 0.2) is 0 Å². The number of hydrogen-bond donors (Lipinski definition) is 1. The van der Waals surface area contributed by atoms with Crippen LogP contribution >= 0.6 is 0 Å². The molecule has 0 aromatic carbocycles. The second kappa shape index (κ2) is 7.26. The van der Waals surface area contributed by atoms with Crippen LogP contribution in [0.5, 0.6) is 0 Å². The maximum Gasteiger partial charge on any atom is 0.133 e. The highest BCUT2D eigenvalue weighted by Gasteiger charge is 2.59. The number of aliphatic hydroxyl groups excluding tert-OH is 1. The minimum Gasteiger partial charge on any atom is -0.393 e. The number of fused-ring (bicyclic) bond motifs is 5. The zero-order valence-corrected chi connectivity index (χ0v) is 17.3. The first-order valence-electron chi connectivity index (χ1n) is 10.7. The lowest BCUT2D eigenvalue weighted by atomic mass is 9.47. The Hall–Kier alpha value is -0.890. The zero-order chi connectivity index (χ0) is 19.1. The largest absolute Gasteiger partial charge is 0.393 e. The Morgan fingerprint density at radius 3 is 2.54 bits per heavy atom. The maximum absolute atomic E-state index is 12.2. The van der Waals surface area contributed by atoms with E-state index in [1.54, 1.807) is 11.6 Å². The number of rotatable bonds is 1. The van der Waals surface area contributed by atoms with Gasteiger partial charge < -0.3 is 5.11 Å². The van der Waals surface area contributed by atoms with Gasteiger partial charge in [0.05, 0.1) is 6.10 Å². The first-order valence-corrected chi connectivity index (χ1v) is 10.7. The van der Waals surface area contributed by atoms with Gasteiger partial charge in [0.1, 0.15) is 5.78 Å². The second-order valence-corrected chi connectivity index (χ2v) is 9.85. The number of aliphatic hydroxyl groups is 1. The van der Waals surface area contributed by atoms with E-state index in [1.165, 1.54) is 25.7 Å². The van der Waals surface area contributed by atoms with Crippen molar-refractivity contribution < 1.29 is 9.90 Å². The summed E-state index contributed by atoms with van der Waals surface area (Å²) in [4.78, 5) is 12.2. The minimum atomic E-state index is -0.117. The van der Waals surface area contributed by atoms with Crippen LogP contribution in [-0.4, -0.2) is 17.0 Å². The smallest absolute Gasteiger partial charge is 0.133 e. The number of hydrogen-bond acceptors (Lipinski definition) is 2. The van der Waals surface area contributed by atoms with E-state index in [0.717, 1.165) is 43.4 Å². The number of allylic oxidation sites excluding steroid dienone is 2. The molecule has 0 aromatic heterocycles. The molecule has 0 radical (unpaired) electrons. The van der Waals surface area contributed by atoms with Crippen LogP contribution in [0, 0.1) is 34.5 Å². The summed E-state index contributed by atoms with van der Waals surface area (Å²) in [6.07, 6.45) is 13.2. The van der Waals surface area contributed by atoms with Gasteiger partial charge in [0.2, 0.25) is 0 Å². The summed E-state index contributed by atoms with van der Waals surface area (Å²) >= 11 is 0. The SMILES string of the molecule is C=CC.CC(=O)[C@H]1CCC2C3CC=C4C[C@@H](O)CC[C@]4(C)C3CC[C@@]21C. The predicted octanol–water partition coefficient (Wildman–Crippen LogP) is 5.71. The van der Waals surface area contributed by atoms with E-state index in [2.05, 4.69) is 26.5 Å². The van der Waals surface area contributed by atoms with Crippen LogP contribution in [0.1, 0.15) is 79.1 Å². The Labute approximate surface area is 160 Å². The van der Waals surface area contributed by atoms with Crippen molar-refractivity contribution in [2.75, 3.05) is 0 Å². The summed E-state index contributed by atoms with van der Waals surface area (Å²) in [7, 11) is 0. The molecule has 0 spiro atoms. The fourth-order valence-electron chi connectivity index (χ4n) is 7.31. The third-order valence-corrected chi connectivity index (χ3v) is 8.57. The normalized spacial score (nSPS) is 46.7. The molecular weight excluding hydrogens is 320 g/mol. The third kappa shape index (κ3) is 3.03. The third-order valence-electron chi connectivity index (χ3n) is 8.57. The van der Waals surface area contributed by atoms with Gasteiger partial charge in [-0.1, -0.05) is 31.6 Å². The van der Waals surface area contributed by atoms with Crippen LogP contribution in [0.25, 0.3) is 0 Å². The van der Waals surface area contributed by atoms with Crippen molar-refractivity contribution in [2.45, 2.75) is 85.2 Å². The van der Waals surface area contributed by atoms with Crippen molar-refractivity contribution in [1.29, 1.82) is 0 Å². The molecule has 3 unspecified atom stereocenters. The van der Waals surface area contributed by atoms with Crippen LogP contribution in [0.15, 0.2) is 24.3 Å². The van der Waals surface area contributed by atoms with Crippen LogP contribution in [0.4, 0.5) is 0 Å². The Morgan fingerprint density at radius 1 is 1.19 bits per heavy atom. The summed E-state index contributed by atoms with van der Waals surface area (Å²) in [5.74, 6) is 3.00. The van der Waals surface area contributed by atoms with Crippen molar-refractivity contribution in [3.8, 4) is 0 Å². The van der Waals surface area contributed by atoms with E-state index in [0.29, 0.717) is 17.1 Å². The van der Waals surface area contributed by atoms with Crippen molar-refractivity contribution in [1.82, 2.24) is 0 Å². The van der Waals surface area contributed by atoms with Crippen molar-refractivity contribution >= 4 is 5.78 Å². The number of carbonyl (C=O) groups is 1. The molecule has 0 bridgehead atoms. The van der Waals surface area contributed by atoms with Gasteiger partial charge in [0, 0.05) is 5.92 Å². The first-order chi connectivity index (χ1) is 12.3. The molecule has 3 fully saturated rings. The van der Waals surface area contributed by atoms with Gasteiger partial charge in [-0.2, -0.15) is 0 Å². The Morgan fingerprint density at radius 2 is 1.88 bits per heavy atom. The van der Waals surface area contributed by atoms with Gasteiger partial charge in [-0.15, -0.1) is 6.58 Å². The zero-order valence-electron chi connectivity index (χ0n) is 17.3. The van der Waals surface area contributed by atoms with Crippen molar-refractivity contribution in [3.05, 3.63) is 24.3 Å². The average molecular weight is 359 g/mol. The van der Waals surface area contributed by atoms with Crippen LogP contribution in [-0.2, 0) is 4.79 Å². The molecule has 4 aliphatic rings. The standard InChI is InChI=1S/C21H32O2.C3H6/c1-13(22)17-6-7-18-16-5-4-14-12-15(23)8-10-20(14,2)19(16)9-11-21(17,18)3;1-3-2/h4,15-19,23H,5-12H2,1-3H3;3H,1H2,2H3/t15-,16?,17+,18?,19?,20-,21+;/m0./s1. The topological polar surface area (TPSA) is 37.3 Å². The quantitative estimate of drug-likeness (QED) is 0.610. The van der Waals surface area contributed by atoms with Gasteiger partial charge in [-0.05, 0) is 93.8 Å². The molecule has 7 atom stereocenters. The summed E-state index contributed by atoms with van der Waals surface area (Å²) in [5, 5.41) is 10.1. The maximum atomic E-state index is 12.2. The van der Waals surface area contributed by atoms with E-state index < -0.39 is 0 Å². The molecule has 2 nitrogen and oxygen atoms in total. The summed E-state index contributed by atoms with van der Waals surface area (Å²) in [6.45, 7) is 12.0. The fourth-order valence-corrected chi connectivity index (χ4v) is 7.31. The predicted molar refractivity (Wildman–Crippen MR) is 108 cm³/mol. The summed E-state index contributed by atoms with van der Waals surface area (Å²) < 4.78 is 0. The average Bonchev–Trinajstić information content (AvgIpc) is 2.93. The van der Waals surface area contributed by atoms with Crippen molar-refractivity contribution in [3.63, 3.8) is 0 Å². The monoisotopic (exact) mass is 358 g/mol. The van der Waals surface area contributed by atoms with E-state index in [9.17, 15) is 9.90 Å². The Bertz CT molecular complexity index is 591. The van der Waals surface area contributed by atoms with Crippen LogP contribution < -0.4 is 0 Å². The molecule has 0 amide bonds. The molecule has 4 aliphatic carbocycles. The van der Waals surface area contributed by atoms with E-state index >= 15 is 0 Å². The van der Waals surface area contributed by atoms with E-state index in [-0.39, 0.29) is 11.5 Å².